The van der Waals surface area contributed by atoms with E-state index >= 15 is 0 Å². The van der Waals surface area contributed by atoms with Gasteiger partial charge in [0, 0.05) is 49.4 Å². The monoisotopic (exact) mass is 531 g/mol. The zero-order valence-corrected chi connectivity index (χ0v) is 22.2. The topological polar surface area (TPSA) is 107 Å². The van der Waals surface area contributed by atoms with Crippen molar-refractivity contribution < 1.29 is 27.4 Å². The van der Waals surface area contributed by atoms with Crippen LogP contribution in [0.3, 0.4) is 0 Å². The highest BCUT2D eigenvalue weighted by Crippen LogP contribution is 2.31. The van der Waals surface area contributed by atoms with Gasteiger partial charge >= 0.3 is 0 Å². The summed E-state index contributed by atoms with van der Waals surface area (Å²) in [5.74, 6) is 0.897. The van der Waals surface area contributed by atoms with Crippen LogP contribution in [0.15, 0.2) is 47.4 Å². The van der Waals surface area contributed by atoms with E-state index in [-0.39, 0.29) is 16.9 Å². The van der Waals surface area contributed by atoms with Gasteiger partial charge in [0.2, 0.25) is 0 Å². The molecular weight excluding hydrogens is 502 g/mol. The summed E-state index contributed by atoms with van der Waals surface area (Å²) in [6.45, 7) is 3.99. The van der Waals surface area contributed by atoms with Crippen LogP contribution < -0.4 is 14.8 Å². The number of hydrogen-bond acceptors (Lipinski definition) is 9. The van der Waals surface area contributed by atoms with Crippen LogP contribution in [0.1, 0.15) is 27.9 Å². The minimum Gasteiger partial charge on any atom is -0.488 e. The molecule has 0 spiro atoms. The summed E-state index contributed by atoms with van der Waals surface area (Å²) in [5, 5.41) is 3.45. The molecule has 0 fully saturated rings. The molecule has 2 heterocycles. The maximum atomic E-state index is 13.2. The van der Waals surface area contributed by atoms with Crippen molar-refractivity contribution in [1.29, 1.82) is 0 Å². The summed E-state index contributed by atoms with van der Waals surface area (Å²) in [4.78, 5) is 21.3. The molecule has 0 bridgehead atoms. The summed E-state index contributed by atoms with van der Waals surface area (Å²) in [6, 6.07) is 11.0. The molecule has 0 saturated carbocycles. The smallest absolute Gasteiger partial charge is 0.257 e. The Morgan fingerprint density at radius 2 is 1.89 bits per heavy atom. The molecule has 11 heteroatoms. The molecule has 0 saturated heterocycles. The SMILES string of the molecule is COCC(C)Oc1cc(Oc2ccc(S(C)(=O)=O)cc2)cc(C(=O)Nc2nc3c(s2)CN(C)CC3)c1. The van der Waals surface area contributed by atoms with E-state index in [1.54, 1.807) is 37.4 Å². The van der Waals surface area contributed by atoms with Gasteiger partial charge in [0.25, 0.3) is 5.91 Å². The molecule has 1 amide bonds. The average molecular weight is 532 g/mol. The van der Waals surface area contributed by atoms with Crippen LogP contribution in [0, 0.1) is 0 Å². The van der Waals surface area contributed by atoms with Crippen molar-refractivity contribution in [3.05, 3.63) is 58.6 Å². The Labute approximate surface area is 214 Å². The number of amides is 1. The number of aromatic nitrogens is 1. The van der Waals surface area contributed by atoms with Gasteiger partial charge in [0.15, 0.2) is 15.0 Å². The number of thiazole rings is 1. The van der Waals surface area contributed by atoms with E-state index in [2.05, 4.69) is 22.2 Å². The van der Waals surface area contributed by atoms with Gasteiger partial charge in [-0.25, -0.2) is 13.4 Å². The third-order valence-electron chi connectivity index (χ3n) is 5.51. The molecule has 1 aromatic heterocycles. The molecule has 9 nitrogen and oxygen atoms in total. The Balaban J connectivity index is 1.58. The highest BCUT2D eigenvalue weighted by Gasteiger charge is 2.20. The van der Waals surface area contributed by atoms with Crippen molar-refractivity contribution in [2.75, 3.05) is 38.9 Å². The molecule has 36 heavy (non-hydrogen) atoms. The third-order valence-corrected chi connectivity index (χ3v) is 7.64. The van der Waals surface area contributed by atoms with Gasteiger partial charge in [0.05, 0.1) is 17.2 Å². The lowest BCUT2D eigenvalue weighted by Crippen LogP contribution is -2.25. The zero-order chi connectivity index (χ0) is 25.9. The fourth-order valence-corrected chi connectivity index (χ4v) is 5.48. The lowest BCUT2D eigenvalue weighted by Gasteiger charge is -2.20. The fourth-order valence-electron chi connectivity index (χ4n) is 3.77. The number of nitrogens with one attached hydrogen (secondary N) is 1. The summed E-state index contributed by atoms with van der Waals surface area (Å²) in [5.41, 5.74) is 1.37. The molecule has 2 aromatic carbocycles. The van der Waals surface area contributed by atoms with Gasteiger partial charge < -0.3 is 19.1 Å². The van der Waals surface area contributed by atoms with E-state index in [4.69, 9.17) is 14.2 Å². The molecule has 3 aromatic rings. The summed E-state index contributed by atoms with van der Waals surface area (Å²) in [7, 11) is 0.332. The molecule has 4 rings (SSSR count). The van der Waals surface area contributed by atoms with Crippen molar-refractivity contribution in [3.63, 3.8) is 0 Å². The van der Waals surface area contributed by atoms with Crippen LogP contribution in [0.25, 0.3) is 0 Å². The number of hydrogen-bond donors (Lipinski definition) is 1. The van der Waals surface area contributed by atoms with E-state index < -0.39 is 9.84 Å². The maximum absolute atomic E-state index is 13.2. The van der Waals surface area contributed by atoms with Crippen LogP contribution in [0.2, 0.25) is 0 Å². The van der Waals surface area contributed by atoms with Gasteiger partial charge in [-0.15, -0.1) is 11.3 Å². The van der Waals surface area contributed by atoms with Gasteiger partial charge in [-0.1, -0.05) is 0 Å². The number of rotatable bonds is 9. The fraction of sp³-hybridized carbons (Fsp3) is 0.360. The second kappa shape index (κ2) is 11.0. The quantitative estimate of drug-likeness (QED) is 0.442. The number of methoxy groups -OCH3 is 1. The van der Waals surface area contributed by atoms with Crippen LogP contribution in [-0.4, -0.2) is 63.9 Å². The number of carbonyl (C=O) groups excluding carboxylic acids is 1. The first-order valence-electron chi connectivity index (χ1n) is 11.4. The molecule has 0 aliphatic carbocycles. The molecule has 1 atom stereocenters. The number of fused-ring (bicyclic) bond motifs is 1. The Hall–Kier alpha value is -2.99. The minimum atomic E-state index is -3.32. The average Bonchev–Trinajstić information content (AvgIpc) is 3.20. The predicted octanol–water partition coefficient (Wildman–Crippen LogP) is 3.99. The van der Waals surface area contributed by atoms with Crippen LogP contribution >= 0.6 is 11.3 Å². The molecule has 1 unspecified atom stereocenters. The first kappa shape index (κ1) is 26.1. The summed E-state index contributed by atoms with van der Waals surface area (Å²) in [6.07, 6.45) is 1.75. The molecule has 192 valence electrons. The van der Waals surface area contributed by atoms with E-state index in [1.807, 2.05) is 6.92 Å². The Bertz CT molecular complexity index is 1340. The standard InChI is InChI=1S/C25H29N3O6S2/c1-16(15-32-3)33-19-11-17(24(29)27-25-26-22-9-10-28(2)14-23(22)35-25)12-20(13-19)34-18-5-7-21(8-6-18)36(4,30)31/h5-8,11-13,16H,9-10,14-15H2,1-4H3,(H,26,27,29). The first-order chi connectivity index (χ1) is 17.1. The van der Waals surface area contributed by atoms with Gasteiger partial charge in [-0.2, -0.15) is 0 Å². The number of sulfone groups is 1. The van der Waals surface area contributed by atoms with Crippen molar-refractivity contribution in [2.45, 2.75) is 30.9 Å². The first-order valence-corrected chi connectivity index (χ1v) is 14.1. The highest BCUT2D eigenvalue weighted by atomic mass is 32.2. The maximum Gasteiger partial charge on any atom is 0.257 e. The normalized spacial score (nSPS) is 14.7. The summed E-state index contributed by atoms with van der Waals surface area (Å²) >= 11 is 1.48. The third kappa shape index (κ3) is 6.61. The Kier molecular flexibility index (Phi) is 7.94. The van der Waals surface area contributed by atoms with Crippen LogP contribution in [0.4, 0.5) is 5.13 Å². The second-order valence-electron chi connectivity index (χ2n) is 8.75. The molecule has 0 radical (unpaired) electrons. The van der Waals surface area contributed by atoms with Gasteiger partial charge in [0.1, 0.15) is 23.4 Å². The number of carbonyl (C=O) groups is 1. The number of benzene rings is 2. The number of anilines is 1. The van der Waals surface area contributed by atoms with E-state index in [0.29, 0.717) is 34.6 Å². The number of ether oxygens (including phenoxy) is 3. The minimum absolute atomic E-state index is 0.192. The molecular formula is C25H29N3O6S2. The highest BCUT2D eigenvalue weighted by molar-refractivity contribution is 7.90. The second-order valence-corrected chi connectivity index (χ2v) is 11.9. The van der Waals surface area contributed by atoms with Gasteiger partial charge in [-0.3, -0.25) is 10.1 Å². The van der Waals surface area contributed by atoms with Crippen LogP contribution in [0.5, 0.6) is 17.2 Å². The van der Waals surface area contributed by atoms with Crippen molar-refractivity contribution in [3.8, 4) is 17.2 Å². The zero-order valence-electron chi connectivity index (χ0n) is 20.6. The molecule has 1 N–H and O–H groups in total. The number of nitrogens with zero attached hydrogens (tertiary/aromatic N) is 2. The predicted molar refractivity (Wildman–Crippen MR) is 138 cm³/mol. The molecule has 1 aliphatic rings. The Morgan fingerprint density at radius 1 is 1.17 bits per heavy atom. The van der Waals surface area contributed by atoms with Crippen molar-refractivity contribution in [1.82, 2.24) is 9.88 Å². The largest absolute Gasteiger partial charge is 0.488 e. The lowest BCUT2D eigenvalue weighted by atomic mass is 10.2. The lowest BCUT2D eigenvalue weighted by molar-refractivity contribution is 0.0916. The van der Waals surface area contributed by atoms with E-state index in [1.165, 1.54) is 23.5 Å². The Morgan fingerprint density at radius 3 is 2.58 bits per heavy atom. The van der Waals surface area contributed by atoms with E-state index in [0.717, 1.165) is 36.3 Å². The van der Waals surface area contributed by atoms with Crippen molar-refractivity contribution in [2.24, 2.45) is 0 Å². The summed E-state index contributed by atoms with van der Waals surface area (Å²) < 4.78 is 40.5. The molecule has 1 aliphatic heterocycles. The van der Waals surface area contributed by atoms with Crippen LogP contribution in [-0.2, 0) is 27.5 Å². The number of likely N-dealkylation sites (N-methyl/N-ethyl adjacent to an activating group) is 1. The van der Waals surface area contributed by atoms with Gasteiger partial charge in [-0.05, 0) is 50.4 Å². The van der Waals surface area contributed by atoms with Crippen molar-refractivity contribution >= 4 is 32.2 Å². The van der Waals surface area contributed by atoms with E-state index in [9.17, 15) is 13.2 Å².